The summed E-state index contributed by atoms with van der Waals surface area (Å²) in [6, 6.07) is 27.6. The van der Waals surface area contributed by atoms with E-state index in [0.29, 0.717) is 34.9 Å². The van der Waals surface area contributed by atoms with Crippen LogP contribution in [0.1, 0.15) is 44.0 Å². The molecule has 0 amide bonds. The molecule has 0 aliphatic rings. The Morgan fingerprint density at radius 3 is 1.69 bits per heavy atom. The maximum atomic E-state index is 14.3. The van der Waals surface area contributed by atoms with Gasteiger partial charge in [0.25, 0.3) is 7.37 Å². The van der Waals surface area contributed by atoms with Gasteiger partial charge < -0.3 is 9.26 Å². The highest BCUT2D eigenvalue weighted by molar-refractivity contribution is 7.74. The predicted molar refractivity (Wildman–Crippen MR) is 130 cm³/mol. The van der Waals surface area contributed by atoms with Crippen LogP contribution in [0.3, 0.4) is 0 Å². The fraction of sp³-hybridized carbons (Fsp3) is 0.296. The number of ether oxygens (including phenoxy) is 1. The van der Waals surface area contributed by atoms with Gasteiger partial charge in [0.2, 0.25) is 0 Å². The number of carbonyl (C=O) groups excluding carboxylic acids is 1. The van der Waals surface area contributed by atoms with Crippen LogP contribution in [0.2, 0.25) is 0 Å². The Bertz CT molecular complexity index is 976. The Labute approximate surface area is 191 Å². The first-order valence-electron chi connectivity index (χ1n) is 11.0. The molecule has 0 heterocycles. The van der Waals surface area contributed by atoms with Gasteiger partial charge in [-0.15, -0.1) is 0 Å². The molecule has 0 fully saturated rings. The monoisotopic (exact) mass is 450 g/mol. The molecule has 3 rings (SSSR count). The number of hydrogen-bond donors (Lipinski definition) is 0. The Morgan fingerprint density at radius 1 is 0.750 bits per heavy atom. The summed E-state index contributed by atoms with van der Waals surface area (Å²) >= 11 is 0. The van der Waals surface area contributed by atoms with Gasteiger partial charge in [-0.25, -0.2) is 4.79 Å². The zero-order chi connectivity index (χ0) is 23.0. The minimum absolute atomic E-state index is 0.331. The van der Waals surface area contributed by atoms with Crippen molar-refractivity contribution in [2.45, 2.75) is 45.8 Å². The number of carbonyl (C=O) groups is 1. The topological polar surface area (TPSA) is 52.6 Å². The van der Waals surface area contributed by atoms with Gasteiger partial charge in [0, 0.05) is 17.0 Å². The standard InChI is InChI=1S/C27H31O4P/c1-21(2)19-24(20-22(3)30-27(28)23-13-7-4-8-14-23)31-32(29,25-15-9-5-10-16-25)26-17-11-6-12-18-26/h4-18,21-22,24H,19-20H2,1-3H3. The van der Waals surface area contributed by atoms with E-state index in [1.54, 1.807) is 12.1 Å². The molecule has 4 nitrogen and oxygen atoms in total. The molecule has 0 spiro atoms. The lowest BCUT2D eigenvalue weighted by atomic mass is 10.0. The summed E-state index contributed by atoms with van der Waals surface area (Å²) in [7, 11) is -3.33. The molecule has 5 heteroatoms. The molecule has 0 aliphatic carbocycles. The second-order valence-electron chi connectivity index (χ2n) is 8.40. The van der Waals surface area contributed by atoms with Crippen molar-refractivity contribution in [1.29, 1.82) is 0 Å². The number of hydrogen-bond acceptors (Lipinski definition) is 4. The molecule has 32 heavy (non-hydrogen) atoms. The average Bonchev–Trinajstić information content (AvgIpc) is 2.80. The first-order valence-corrected chi connectivity index (χ1v) is 12.7. The van der Waals surface area contributed by atoms with Crippen molar-refractivity contribution in [3.63, 3.8) is 0 Å². The summed E-state index contributed by atoms with van der Waals surface area (Å²) in [5.41, 5.74) is 0.514. The van der Waals surface area contributed by atoms with E-state index in [-0.39, 0.29) is 18.2 Å². The van der Waals surface area contributed by atoms with Gasteiger partial charge in [-0.1, -0.05) is 68.4 Å². The number of benzene rings is 3. The fourth-order valence-electron chi connectivity index (χ4n) is 3.68. The third-order valence-corrected chi connectivity index (χ3v) is 7.69. The van der Waals surface area contributed by atoms with Crippen LogP contribution >= 0.6 is 7.37 Å². The van der Waals surface area contributed by atoms with Crippen LogP contribution in [-0.2, 0) is 13.8 Å². The van der Waals surface area contributed by atoms with Crippen molar-refractivity contribution in [1.82, 2.24) is 0 Å². The smallest absolute Gasteiger partial charge is 0.338 e. The first-order chi connectivity index (χ1) is 15.4. The second-order valence-corrected chi connectivity index (χ2v) is 10.7. The highest BCUT2D eigenvalue weighted by atomic mass is 31.2. The summed E-state index contributed by atoms with van der Waals surface area (Å²) in [6.07, 6.45) is 0.448. The Morgan fingerprint density at radius 2 is 1.22 bits per heavy atom. The maximum Gasteiger partial charge on any atom is 0.338 e. The normalized spacial score (nSPS) is 13.5. The number of esters is 1. The molecule has 0 radical (unpaired) electrons. The van der Waals surface area contributed by atoms with Crippen molar-refractivity contribution in [3.8, 4) is 0 Å². The van der Waals surface area contributed by atoms with Gasteiger partial charge >= 0.3 is 5.97 Å². The van der Waals surface area contributed by atoms with E-state index in [9.17, 15) is 9.36 Å². The van der Waals surface area contributed by atoms with Crippen LogP contribution in [0, 0.1) is 5.92 Å². The van der Waals surface area contributed by atoms with Crippen LogP contribution in [0.25, 0.3) is 0 Å². The van der Waals surface area contributed by atoms with E-state index in [0.717, 1.165) is 0 Å². The summed E-state index contributed by atoms with van der Waals surface area (Å²) in [5.74, 6) is -0.0345. The molecule has 3 aromatic rings. The zero-order valence-electron chi connectivity index (χ0n) is 18.9. The van der Waals surface area contributed by atoms with Gasteiger partial charge in [-0.05, 0) is 55.7 Å². The predicted octanol–water partition coefficient (Wildman–Crippen LogP) is 5.98. The van der Waals surface area contributed by atoms with Gasteiger partial charge in [0.15, 0.2) is 0 Å². The molecule has 3 aromatic carbocycles. The molecular formula is C27H31O4P. The van der Waals surface area contributed by atoms with Gasteiger partial charge in [-0.2, -0.15) is 0 Å². The quantitative estimate of drug-likeness (QED) is 0.282. The zero-order valence-corrected chi connectivity index (χ0v) is 19.8. The van der Waals surface area contributed by atoms with Crippen LogP contribution < -0.4 is 10.6 Å². The highest BCUT2D eigenvalue weighted by Crippen LogP contribution is 2.47. The Balaban J connectivity index is 1.82. The minimum atomic E-state index is -3.33. The Kier molecular flexibility index (Phi) is 8.44. The van der Waals surface area contributed by atoms with Crippen molar-refractivity contribution >= 4 is 23.9 Å². The van der Waals surface area contributed by atoms with E-state index in [1.807, 2.05) is 85.8 Å². The molecule has 2 unspecified atom stereocenters. The van der Waals surface area contributed by atoms with Gasteiger partial charge in [0.1, 0.15) is 6.10 Å². The molecule has 0 aliphatic heterocycles. The largest absolute Gasteiger partial charge is 0.459 e. The van der Waals surface area contributed by atoms with Crippen molar-refractivity contribution < 1.29 is 18.6 Å². The summed E-state index contributed by atoms with van der Waals surface area (Å²) in [6.45, 7) is 6.06. The molecule has 0 bridgehead atoms. The summed E-state index contributed by atoms with van der Waals surface area (Å²) in [4.78, 5) is 12.5. The van der Waals surface area contributed by atoms with E-state index < -0.39 is 7.37 Å². The maximum absolute atomic E-state index is 14.3. The molecule has 0 aromatic heterocycles. The summed E-state index contributed by atoms with van der Waals surface area (Å²) < 4.78 is 26.4. The minimum Gasteiger partial charge on any atom is -0.459 e. The SMILES string of the molecule is CC(C)CC(CC(C)OC(=O)c1ccccc1)OP(=O)(c1ccccc1)c1ccccc1. The highest BCUT2D eigenvalue weighted by Gasteiger charge is 2.33. The average molecular weight is 451 g/mol. The first kappa shape index (κ1) is 24.0. The summed E-state index contributed by atoms with van der Waals surface area (Å²) in [5, 5.41) is 1.32. The third kappa shape index (κ3) is 6.41. The van der Waals surface area contributed by atoms with Crippen molar-refractivity contribution in [2.24, 2.45) is 5.92 Å². The van der Waals surface area contributed by atoms with Crippen molar-refractivity contribution in [3.05, 3.63) is 96.6 Å². The third-order valence-electron chi connectivity index (χ3n) is 5.14. The lowest BCUT2D eigenvalue weighted by Crippen LogP contribution is -2.28. The second kappa shape index (κ2) is 11.3. The van der Waals surface area contributed by atoms with Crippen molar-refractivity contribution in [2.75, 3.05) is 0 Å². The van der Waals surface area contributed by atoms with Crippen LogP contribution in [0.4, 0.5) is 0 Å². The van der Waals surface area contributed by atoms with E-state index in [1.165, 1.54) is 0 Å². The molecular weight excluding hydrogens is 419 g/mol. The lowest BCUT2D eigenvalue weighted by Gasteiger charge is -2.28. The molecule has 168 valence electrons. The van der Waals surface area contributed by atoms with Crippen LogP contribution in [0.15, 0.2) is 91.0 Å². The molecule has 0 saturated carbocycles. The van der Waals surface area contributed by atoms with E-state index >= 15 is 0 Å². The van der Waals surface area contributed by atoms with Gasteiger partial charge in [-0.3, -0.25) is 4.57 Å². The van der Waals surface area contributed by atoms with E-state index in [4.69, 9.17) is 9.26 Å². The van der Waals surface area contributed by atoms with E-state index in [2.05, 4.69) is 13.8 Å². The van der Waals surface area contributed by atoms with Gasteiger partial charge in [0.05, 0.1) is 11.7 Å². The lowest BCUT2D eigenvalue weighted by molar-refractivity contribution is 0.0217. The molecule has 0 saturated heterocycles. The van der Waals surface area contributed by atoms with Crippen LogP contribution in [-0.4, -0.2) is 18.2 Å². The molecule has 2 atom stereocenters. The Hall–Kier alpha value is -2.68. The number of rotatable bonds is 10. The van der Waals surface area contributed by atoms with Crippen LogP contribution in [0.5, 0.6) is 0 Å². The fourth-order valence-corrected chi connectivity index (χ4v) is 5.94. The molecule has 0 N–H and O–H groups in total.